The topological polar surface area (TPSA) is 0 Å². The Kier molecular flexibility index (Phi) is 7.32. The number of alkyl halides is 1. The highest BCUT2D eigenvalue weighted by molar-refractivity contribution is 7.13. The van der Waals surface area contributed by atoms with Gasteiger partial charge in [-0.2, -0.15) is 0 Å². The Bertz CT molecular complexity index is 1730. The predicted molar refractivity (Wildman–Crippen MR) is 113 cm³/mol. The van der Waals surface area contributed by atoms with Gasteiger partial charge >= 0.3 is 0 Å². The van der Waals surface area contributed by atoms with Crippen molar-refractivity contribution in [3.05, 3.63) is 111 Å². The summed E-state index contributed by atoms with van der Waals surface area (Å²) >= 11 is 0. The summed E-state index contributed by atoms with van der Waals surface area (Å²) in [6, 6.07) is 0. The molecule has 0 heterocycles. The van der Waals surface area contributed by atoms with Gasteiger partial charge in [0.15, 0.2) is 69.8 Å². The summed E-state index contributed by atoms with van der Waals surface area (Å²) in [6.45, 7) is 0. The van der Waals surface area contributed by atoms with Gasteiger partial charge in [-0.05, 0) is 0 Å². The van der Waals surface area contributed by atoms with Crippen molar-refractivity contribution < 1.29 is 87.8 Å². The molecule has 0 bridgehead atoms. The maximum Gasteiger partial charge on any atom is 0.200 e. The van der Waals surface area contributed by atoms with E-state index in [4.69, 9.17) is 0 Å². The van der Waals surface area contributed by atoms with Gasteiger partial charge in [0.25, 0.3) is 0 Å². The average molecular weight is 693 g/mol. The summed E-state index contributed by atoms with van der Waals surface area (Å²) in [4.78, 5) is 0. The van der Waals surface area contributed by atoms with Crippen molar-refractivity contribution in [3.63, 3.8) is 0 Å². The fourth-order valence-corrected chi connectivity index (χ4v) is 6.20. The fourth-order valence-electron chi connectivity index (χ4n) is 6.20. The standard InChI is InChI=1S/C25H2BF20/c27-5-1-23(25(1,46)24(45)22(44)12(5)34)26(2-6(28)13(35)19(41)14(36)7(2)29,3-8(30)15(37)20(42)16(38)9(3)31)4-10(32)17(39)21(43)18(40)11(4)33/h1,23H/q-1. The SMILES string of the molecule is FC1=C(F)C2C([B-](c3c(F)c(F)c(F)c(F)c3F)(c3c(F)c(F)c(F)c(F)c3F)c3c(F)c(F)c(F)c(F)c3F)C2(F)C(F)=C1F. The van der Waals surface area contributed by atoms with Crippen molar-refractivity contribution in [1.29, 1.82) is 0 Å². The van der Waals surface area contributed by atoms with Crippen LogP contribution in [0.4, 0.5) is 87.8 Å². The molecule has 0 spiro atoms. The molecule has 246 valence electrons. The number of halogens is 20. The third-order valence-electron chi connectivity index (χ3n) is 8.03. The molecule has 0 radical (unpaired) electrons. The molecule has 0 saturated heterocycles. The number of benzene rings is 3. The van der Waals surface area contributed by atoms with Gasteiger partial charge in [-0.1, -0.05) is 5.82 Å². The van der Waals surface area contributed by atoms with Crippen molar-refractivity contribution in [2.24, 2.45) is 5.92 Å². The zero-order valence-corrected chi connectivity index (χ0v) is 20.8. The molecule has 0 amide bonds. The van der Waals surface area contributed by atoms with E-state index in [1.165, 1.54) is 0 Å². The summed E-state index contributed by atoms with van der Waals surface area (Å²) in [5, 5.41) is 0. The van der Waals surface area contributed by atoms with E-state index in [2.05, 4.69) is 0 Å². The molecule has 0 aliphatic heterocycles. The molecule has 0 nitrogen and oxygen atoms in total. The minimum absolute atomic E-state index is 3.06. The van der Waals surface area contributed by atoms with Crippen LogP contribution in [0.1, 0.15) is 0 Å². The van der Waals surface area contributed by atoms with Crippen LogP contribution in [0.5, 0.6) is 0 Å². The Labute approximate surface area is 239 Å². The Morgan fingerprint density at radius 3 is 0.848 bits per heavy atom. The second-order valence-electron chi connectivity index (χ2n) is 9.95. The van der Waals surface area contributed by atoms with Crippen LogP contribution in [0.25, 0.3) is 0 Å². The Balaban J connectivity index is 2.24. The zero-order chi connectivity index (χ0) is 34.9. The summed E-state index contributed by atoms with van der Waals surface area (Å²) in [7, 11) is 0. The lowest BCUT2D eigenvalue weighted by Gasteiger charge is -2.44. The smallest absolute Gasteiger partial charge is 0.200 e. The first-order chi connectivity index (χ1) is 21.2. The maximum atomic E-state index is 16.2. The third-order valence-corrected chi connectivity index (χ3v) is 8.03. The number of hydrogen-bond acceptors (Lipinski definition) is 0. The first-order valence-electron chi connectivity index (χ1n) is 11.7. The van der Waals surface area contributed by atoms with Gasteiger partial charge in [-0.3, -0.25) is 0 Å². The van der Waals surface area contributed by atoms with Crippen LogP contribution >= 0.6 is 0 Å². The molecular formula is C25H2BF20-. The van der Waals surface area contributed by atoms with E-state index in [-0.39, 0.29) is 0 Å². The number of fused-ring (bicyclic) bond motifs is 1. The Hall–Kier alpha value is -4.20. The molecule has 0 N–H and O–H groups in total. The Morgan fingerprint density at radius 2 is 0.587 bits per heavy atom. The van der Waals surface area contributed by atoms with E-state index in [0.29, 0.717) is 0 Å². The van der Waals surface area contributed by atoms with Crippen molar-refractivity contribution in [3.8, 4) is 0 Å². The highest BCUT2D eigenvalue weighted by Crippen LogP contribution is 2.73. The molecule has 0 aromatic heterocycles. The van der Waals surface area contributed by atoms with Crippen LogP contribution in [-0.4, -0.2) is 11.8 Å². The predicted octanol–water partition coefficient (Wildman–Crippen LogP) is 7.27. The molecule has 2 aliphatic rings. The summed E-state index contributed by atoms with van der Waals surface area (Å²) < 4.78 is 297. The lowest BCUT2D eigenvalue weighted by Crippen LogP contribution is -2.74. The Morgan fingerprint density at radius 1 is 0.348 bits per heavy atom. The molecular weight excluding hydrogens is 691 g/mol. The second-order valence-corrected chi connectivity index (χ2v) is 9.95. The molecule has 5 rings (SSSR count). The number of hydrogen-bond donors (Lipinski definition) is 0. The van der Waals surface area contributed by atoms with Crippen molar-refractivity contribution in [1.82, 2.24) is 0 Å². The van der Waals surface area contributed by atoms with Gasteiger partial charge in [0.2, 0.25) is 0 Å². The fraction of sp³-hybridized carbons (Fsp3) is 0.120. The van der Waals surface area contributed by atoms with E-state index < -0.39 is 151 Å². The van der Waals surface area contributed by atoms with Crippen molar-refractivity contribution in [2.75, 3.05) is 0 Å². The molecule has 46 heavy (non-hydrogen) atoms. The van der Waals surface area contributed by atoms with Crippen LogP contribution in [0, 0.1) is 93.2 Å². The molecule has 3 atom stereocenters. The molecule has 21 heteroatoms. The van der Waals surface area contributed by atoms with Crippen LogP contribution in [0.3, 0.4) is 0 Å². The molecule has 3 aromatic rings. The third kappa shape index (κ3) is 3.67. The molecule has 3 unspecified atom stereocenters. The highest BCUT2D eigenvalue weighted by Gasteiger charge is 2.78. The van der Waals surface area contributed by atoms with E-state index in [1.807, 2.05) is 0 Å². The summed E-state index contributed by atoms with van der Waals surface area (Å²) in [6.07, 6.45) is -6.83. The van der Waals surface area contributed by atoms with Gasteiger partial charge in [-0.25, -0.2) is 87.8 Å². The monoisotopic (exact) mass is 693 g/mol. The largest absolute Gasteiger partial charge is 0.239 e. The summed E-state index contributed by atoms with van der Waals surface area (Å²) in [5.41, 5.74) is -15.2. The lowest BCUT2D eigenvalue weighted by molar-refractivity contribution is 0.251. The van der Waals surface area contributed by atoms with Crippen LogP contribution < -0.4 is 16.4 Å². The minimum Gasteiger partial charge on any atom is -0.239 e. The highest BCUT2D eigenvalue weighted by atomic mass is 19.2. The zero-order valence-electron chi connectivity index (χ0n) is 20.8. The first-order valence-corrected chi connectivity index (χ1v) is 11.7. The first kappa shape index (κ1) is 33.2. The van der Waals surface area contributed by atoms with Crippen molar-refractivity contribution in [2.45, 2.75) is 11.5 Å². The number of rotatable bonds is 4. The lowest BCUT2D eigenvalue weighted by atomic mass is 9.11. The molecule has 1 fully saturated rings. The van der Waals surface area contributed by atoms with E-state index in [0.717, 1.165) is 0 Å². The van der Waals surface area contributed by atoms with Gasteiger partial charge in [0.05, 0.1) is 0 Å². The quantitative estimate of drug-likeness (QED) is 0.117. The van der Waals surface area contributed by atoms with Crippen LogP contribution in [-0.2, 0) is 0 Å². The summed E-state index contributed by atoms with van der Waals surface area (Å²) in [5.74, 6) is -73.0. The van der Waals surface area contributed by atoms with Gasteiger partial charge in [0.1, 0.15) is 52.5 Å². The van der Waals surface area contributed by atoms with Crippen LogP contribution in [0.15, 0.2) is 23.3 Å². The molecule has 2 aliphatic carbocycles. The van der Waals surface area contributed by atoms with E-state index >= 15 is 30.7 Å². The van der Waals surface area contributed by atoms with Gasteiger partial charge in [-0.15, -0.1) is 16.4 Å². The molecule has 3 aromatic carbocycles. The maximum absolute atomic E-state index is 16.2. The normalized spacial score (nSPS) is 21.4. The van der Waals surface area contributed by atoms with E-state index in [1.54, 1.807) is 0 Å². The second kappa shape index (κ2) is 10.2. The van der Waals surface area contributed by atoms with Crippen molar-refractivity contribution >= 4 is 22.5 Å². The minimum atomic E-state index is -6.83. The van der Waals surface area contributed by atoms with Gasteiger partial charge < -0.3 is 0 Å². The van der Waals surface area contributed by atoms with Crippen LogP contribution in [0.2, 0.25) is 5.82 Å². The van der Waals surface area contributed by atoms with Gasteiger partial charge in [0, 0.05) is 5.92 Å². The average Bonchev–Trinajstić information content (AvgIpc) is 3.67. The number of allylic oxidation sites excluding steroid dienone is 4. The van der Waals surface area contributed by atoms with E-state index in [9.17, 15) is 57.1 Å². The molecule has 1 saturated carbocycles.